The van der Waals surface area contributed by atoms with E-state index in [1.165, 1.54) is 18.4 Å². The number of benzene rings is 1. The molecule has 0 aliphatic carbocycles. The van der Waals surface area contributed by atoms with Crippen LogP contribution in [-0.2, 0) is 6.42 Å². The second-order valence-corrected chi connectivity index (χ2v) is 2.94. The molecule has 1 aromatic carbocycles. The molecule has 13 heavy (non-hydrogen) atoms. The summed E-state index contributed by atoms with van der Waals surface area (Å²) in [6, 6.07) is 10.6. The Bertz CT molecular complexity index is 199. The van der Waals surface area contributed by atoms with Crippen molar-refractivity contribution in [2.75, 3.05) is 13.1 Å². The van der Waals surface area contributed by atoms with E-state index >= 15 is 0 Å². The Kier molecular flexibility index (Phi) is 7.76. The van der Waals surface area contributed by atoms with Gasteiger partial charge in [0.05, 0.1) is 0 Å². The van der Waals surface area contributed by atoms with Crippen LogP contribution < -0.4 is 5.32 Å². The summed E-state index contributed by atoms with van der Waals surface area (Å²) < 4.78 is 0. The Balaban J connectivity index is 0.00000144. The summed E-state index contributed by atoms with van der Waals surface area (Å²) in [5.74, 6) is 0. The third-order valence-corrected chi connectivity index (χ3v) is 1.91. The summed E-state index contributed by atoms with van der Waals surface area (Å²) >= 11 is 0. The fraction of sp³-hybridized carbons (Fsp3) is 0.455. The zero-order valence-electron chi connectivity index (χ0n) is 8.12. The summed E-state index contributed by atoms with van der Waals surface area (Å²) in [6.45, 7) is 4.35. The van der Waals surface area contributed by atoms with Gasteiger partial charge in [-0.05, 0) is 31.5 Å². The van der Waals surface area contributed by atoms with Crippen molar-refractivity contribution in [3.63, 3.8) is 0 Å². The SMILES string of the molecule is CCNCCCc1ccccc1.Cl. The molecular weight excluding hydrogens is 182 g/mol. The Morgan fingerprint density at radius 3 is 2.46 bits per heavy atom. The van der Waals surface area contributed by atoms with Gasteiger partial charge in [-0.15, -0.1) is 12.4 Å². The first-order valence-corrected chi connectivity index (χ1v) is 4.68. The van der Waals surface area contributed by atoms with Gasteiger partial charge in [0.2, 0.25) is 0 Å². The molecular formula is C11H18ClN. The normalized spacial score (nSPS) is 9.31. The van der Waals surface area contributed by atoms with Gasteiger partial charge in [-0.3, -0.25) is 0 Å². The number of aryl methyl sites for hydroxylation is 1. The van der Waals surface area contributed by atoms with E-state index in [9.17, 15) is 0 Å². The van der Waals surface area contributed by atoms with Crippen LogP contribution in [0.15, 0.2) is 30.3 Å². The van der Waals surface area contributed by atoms with Crippen molar-refractivity contribution in [3.05, 3.63) is 35.9 Å². The molecule has 0 spiro atoms. The van der Waals surface area contributed by atoms with Gasteiger partial charge in [0, 0.05) is 0 Å². The molecule has 0 atom stereocenters. The molecule has 0 saturated carbocycles. The van der Waals surface area contributed by atoms with E-state index < -0.39 is 0 Å². The Hall–Kier alpha value is -0.530. The molecule has 0 aliphatic heterocycles. The van der Waals surface area contributed by atoms with Gasteiger partial charge >= 0.3 is 0 Å². The molecule has 0 aromatic heterocycles. The summed E-state index contributed by atoms with van der Waals surface area (Å²) in [6.07, 6.45) is 2.42. The zero-order valence-corrected chi connectivity index (χ0v) is 8.94. The lowest BCUT2D eigenvalue weighted by Gasteiger charge is -2.01. The van der Waals surface area contributed by atoms with Gasteiger partial charge in [-0.1, -0.05) is 37.3 Å². The molecule has 2 heteroatoms. The minimum Gasteiger partial charge on any atom is -0.317 e. The van der Waals surface area contributed by atoms with Crippen LogP contribution in [-0.4, -0.2) is 13.1 Å². The predicted molar refractivity (Wildman–Crippen MR) is 60.6 cm³/mol. The lowest BCUT2D eigenvalue weighted by molar-refractivity contribution is 0.672. The summed E-state index contributed by atoms with van der Waals surface area (Å²) in [4.78, 5) is 0. The molecule has 1 aromatic rings. The quantitative estimate of drug-likeness (QED) is 0.720. The summed E-state index contributed by atoms with van der Waals surface area (Å²) in [5.41, 5.74) is 1.44. The smallest absolute Gasteiger partial charge is 0.00459 e. The van der Waals surface area contributed by atoms with Gasteiger partial charge in [0.1, 0.15) is 0 Å². The summed E-state index contributed by atoms with van der Waals surface area (Å²) in [5, 5.41) is 3.32. The van der Waals surface area contributed by atoms with E-state index in [1.54, 1.807) is 0 Å². The minimum atomic E-state index is 0. The lowest BCUT2D eigenvalue weighted by atomic mass is 10.1. The van der Waals surface area contributed by atoms with E-state index in [2.05, 4.69) is 42.6 Å². The van der Waals surface area contributed by atoms with Crippen molar-refractivity contribution in [3.8, 4) is 0 Å². The largest absolute Gasteiger partial charge is 0.317 e. The third kappa shape index (κ3) is 5.67. The highest BCUT2D eigenvalue weighted by Gasteiger charge is 1.89. The maximum Gasteiger partial charge on any atom is -0.00459 e. The van der Waals surface area contributed by atoms with Crippen molar-refractivity contribution in [1.82, 2.24) is 5.32 Å². The first kappa shape index (κ1) is 12.5. The monoisotopic (exact) mass is 199 g/mol. The van der Waals surface area contributed by atoms with Crippen LogP contribution in [0.25, 0.3) is 0 Å². The molecule has 1 rings (SSSR count). The number of halogens is 1. The van der Waals surface area contributed by atoms with Crippen molar-refractivity contribution >= 4 is 12.4 Å². The third-order valence-electron chi connectivity index (χ3n) is 1.91. The molecule has 1 nitrogen and oxygen atoms in total. The van der Waals surface area contributed by atoms with Gasteiger partial charge in [-0.2, -0.15) is 0 Å². The van der Waals surface area contributed by atoms with Crippen LogP contribution in [0.2, 0.25) is 0 Å². The second kappa shape index (κ2) is 8.09. The van der Waals surface area contributed by atoms with Crippen LogP contribution in [0.4, 0.5) is 0 Å². The fourth-order valence-electron chi connectivity index (χ4n) is 1.24. The minimum absolute atomic E-state index is 0. The molecule has 0 saturated heterocycles. The molecule has 0 aliphatic rings. The highest BCUT2D eigenvalue weighted by Crippen LogP contribution is 2.00. The molecule has 0 unspecified atom stereocenters. The number of rotatable bonds is 5. The standard InChI is InChI=1S/C11H17N.ClH/c1-2-12-10-6-9-11-7-4-3-5-8-11;/h3-5,7-8,12H,2,6,9-10H2,1H3;1H. The maximum absolute atomic E-state index is 3.32. The van der Waals surface area contributed by atoms with E-state index in [0.717, 1.165) is 13.1 Å². The average Bonchev–Trinajstić information content (AvgIpc) is 2.14. The number of hydrogen-bond acceptors (Lipinski definition) is 1. The van der Waals surface area contributed by atoms with Gasteiger partial charge in [0.15, 0.2) is 0 Å². The molecule has 0 amide bonds. The highest BCUT2D eigenvalue weighted by molar-refractivity contribution is 5.85. The predicted octanol–water partition coefficient (Wildman–Crippen LogP) is 2.65. The van der Waals surface area contributed by atoms with Gasteiger partial charge in [0.25, 0.3) is 0 Å². The van der Waals surface area contributed by atoms with Gasteiger partial charge in [-0.25, -0.2) is 0 Å². The number of hydrogen-bond donors (Lipinski definition) is 1. The first-order valence-electron chi connectivity index (χ1n) is 4.68. The van der Waals surface area contributed by atoms with E-state index in [4.69, 9.17) is 0 Å². The summed E-state index contributed by atoms with van der Waals surface area (Å²) in [7, 11) is 0. The highest BCUT2D eigenvalue weighted by atomic mass is 35.5. The number of nitrogens with one attached hydrogen (secondary N) is 1. The van der Waals surface area contributed by atoms with Gasteiger partial charge < -0.3 is 5.32 Å². The van der Waals surface area contributed by atoms with Crippen molar-refractivity contribution in [2.45, 2.75) is 19.8 Å². The van der Waals surface area contributed by atoms with E-state index in [1.807, 2.05) is 0 Å². The second-order valence-electron chi connectivity index (χ2n) is 2.94. The lowest BCUT2D eigenvalue weighted by Crippen LogP contribution is -2.14. The molecule has 0 radical (unpaired) electrons. The van der Waals surface area contributed by atoms with Crippen LogP contribution in [0.1, 0.15) is 18.9 Å². The first-order chi connectivity index (χ1) is 5.93. The van der Waals surface area contributed by atoms with Crippen molar-refractivity contribution < 1.29 is 0 Å². The molecule has 74 valence electrons. The molecule has 1 N–H and O–H groups in total. The van der Waals surface area contributed by atoms with E-state index in [0.29, 0.717) is 0 Å². The van der Waals surface area contributed by atoms with Crippen LogP contribution in [0.5, 0.6) is 0 Å². The van der Waals surface area contributed by atoms with Crippen LogP contribution in [0.3, 0.4) is 0 Å². The van der Waals surface area contributed by atoms with E-state index in [-0.39, 0.29) is 12.4 Å². The Morgan fingerprint density at radius 1 is 1.15 bits per heavy atom. The van der Waals surface area contributed by atoms with Crippen LogP contribution >= 0.6 is 12.4 Å². The maximum atomic E-state index is 3.32. The molecule has 0 fully saturated rings. The topological polar surface area (TPSA) is 12.0 Å². The Morgan fingerprint density at radius 2 is 1.85 bits per heavy atom. The van der Waals surface area contributed by atoms with Crippen molar-refractivity contribution in [1.29, 1.82) is 0 Å². The van der Waals surface area contributed by atoms with Crippen LogP contribution in [0, 0.1) is 0 Å². The Labute approximate surface area is 87.0 Å². The average molecular weight is 200 g/mol. The molecule has 0 bridgehead atoms. The molecule has 0 heterocycles. The zero-order chi connectivity index (χ0) is 8.65. The van der Waals surface area contributed by atoms with Crippen molar-refractivity contribution in [2.24, 2.45) is 0 Å². The fourth-order valence-corrected chi connectivity index (χ4v) is 1.24.